The normalized spacial score (nSPS) is 18.4. The SMILES string of the molecule is C1CNCCNCCN1.O=C(O)C(F)(F)F. The molecule has 0 aromatic rings. The van der Waals surface area contributed by atoms with E-state index in [0.29, 0.717) is 0 Å². The Labute approximate surface area is 91.4 Å². The minimum Gasteiger partial charge on any atom is -0.475 e. The Hall–Kier alpha value is -0.860. The lowest BCUT2D eigenvalue weighted by Crippen LogP contribution is -2.27. The predicted octanol–water partition coefficient (Wildman–Crippen LogP) is -0.598. The summed E-state index contributed by atoms with van der Waals surface area (Å²) in [6, 6.07) is 0. The van der Waals surface area contributed by atoms with Crippen LogP contribution < -0.4 is 16.0 Å². The molecule has 16 heavy (non-hydrogen) atoms. The molecule has 0 aromatic heterocycles. The third-order valence-corrected chi connectivity index (χ3v) is 1.68. The topological polar surface area (TPSA) is 73.4 Å². The molecule has 0 saturated carbocycles. The summed E-state index contributed by atoms with van der Waals surface area (Å²) in [6.45, 7) is 6.59. The van der Waals surface area contributed by atoms with Gasteiger partial charge in [0.15, 0.2) is 0 Å². The maximum atomic E-state index is 10.6. The average Bonchev–Trinajstić information content (AvgIpc) is 2.31. The number of carboxylic acids is 1. The number of alkyl halides is 3. The van der Waals surface area contributed by atoms with Gasteiger partial charge in [-0.05, 0) is 0 Å². The molecule has 1 heterocycles. The van der Waals surface area contributed by atoms with E-state index < -0.39 is 12.1 Å². The van der Waals surface area contributed by atoms with Crippen molar-refractivity contribution in [2.75, 3.05) is 39.3 Å². The van der Waals surface area contributed by atoms with Crippen molar-refractivity contribution >= 4 is 5.97 Å². The van der Waals surface area contributed by atoms with Crippen molar-refractivity contribution in [3.8, 4) is 0 Å². The van der Waals surface area contributed by atoms with Gasteiger partial charge in [-0.15, -0.1) is 0 Å². The molecule has 1 rings (SSSR count). The number of nitrogens with one attached hydrogen (secondary N) is 3. The number of aliphatic carboxylic acids is 1. The van der Waals surface area contributed by atoms with E-state index in [-0.39, 0.29) is 0 Å². The van der Waals surface area contributed by atoms with Gasteiger partial charge in [0.1, 0.15) is 0 Å². The minimum atomic E-state index is -5.08. The Morgan fingerprint density at radius 2 is 1.06 bits per heavy atom. The van der Waals surface area contributed by atoms with Crippen LogP contribution in [0.1, 0.15) is 0 Å². The van der Waals surface area contributed by atoms with E-state index in [0.717, 1.165) is 39.3 Å². The second kappa shape index (κ2) is 8.31. The monoisotopic (exact) mass is 243 g/mol. The van der Waals surface area contributed by atoms with E-state index in [9.17, 15) is 13.2 Å². The zero-order valence-electron chi connectivity index (χ0n) is 8.73. The van der Waals surface area contributed by atoms with E-state index in [1.54, 1.807) is 0 Å². The molecule has 0 aliphatic carbocycles. The first-order chi connectivity index (χ1) is 7.44. The molecule has 0 spiro atoms. The summed E-state index contributed by atoms with van der Waals surface area (Å²) in [5, 5.41) is 17.0. The summed E-state index contributed by atoms with van der Waals surface area (Å²) in [5.41, 5.74) is 0. The standard InChI is InChI=1S/C6H15N3.C2HF3O2/c1-2-8-5-6-9-4-3-7-1;3-2(4,5)1(6)7/h7-9H,1-6H2;(H,6,7). The van der Waals surface area contributed by atoms with Crippen LogP contribution in [0, 0.1) is 0 Å². The predicted molar refractivity (Wildman–Crippen MR) is 52.3 cm³/mol. The average molecular weight is 243 g/mol. The summed E-state index contributed by atoms with van der Waals surface area (Å²) >= 11 is 0. The molecule has 0 radical (unpaired) electrons. The van der Waals surface area contributed by atoms with Gasteiger partial charge in [0.05, 0.1) is 0 Å². The third kappa shape index (κ3) is 9.69. The van der Waals surface area contributed by atoms with Crippen molar-refractivity contribution < 1.29 is 23.1 Å². The maximum Gasteiger partial charge on any atom is 0.490 e. The van der Waals surface area contributed by atoms with Crippen LogP contribution in [0.2, 0.25) is 0 Å². The molecule has 4 N–H and O–H groups in total. The van der Waals surface area contributed by atoms with Gasteiger partial charge in [0.2, 0.25) is 0 Å². The van der Waals surface area contributed by atoms with Gasteiger partial charge in [-0.3, -0.25) is 0 Å². The maximum absolute atomic E-state index is 10.6. The Balaban J connectivity index is 0.000000293. The van der Waals surface area contributed by atoms with Crippen molar-refractivity contribution in [3.05, 3.63) is 0 Å². The van der Waals surface area contributed by atoms with E-state index >= 15 is 0 Å². The molecule has 1 aliphatic rings. The Morgan fingerprint density at radius 1 is 0.875 bits per heavy atom. The number of hydrogen-bond donors (Lipinski definition) is 4. The van der Waals surface area contributed by atoms with Gasteiger partial charge >= 0.3 is 12.1 Å². The Bertz CT molecular complexity index is 171. The fourth-order valence-corrected chi connectivity index (χ4v) is 0.905. The highest BCUT2D eigenvalue weighted by atomic mass is 19.4. The van der Waals surface area contributed by atoms with E-state index in [4.69, 9.17) is 9.90 Å². The first-order valence-electron chi connectivity index (χ1n) is 4.87. The second-order valence-corrected chi connectivity index (χ2v) is 3.05. The number of rotatable bonds is 0. The lowest BCUT2D eigenvalue weighted by Gasteiger charge is -1.99. The molecular formula is C8H16F3N3O2. The largest absolute Gasteiger partial charge is 0.490 e. The summed E-state index contributed by atoms with van der Waals surface area (Å²) in [5.74, 6) is -2.76. The Morgan fingerprint density at radius 3 is 1.19 bits per heavy atom. The van der Waals surface area contributed by atoms with Crippen LogP contribution in [0.25, 0.3) is 0 Å². The van der Waals surface area contributed by atoms with Crippen LogP contribution in [0.3, 0.4) is 0 Å². The molecular weight excluding hydrogens is 227 g/mol. The van der Waals surface area contributed by atoms with Crippen LogP contribution in [0.4, 0.5) is 13.2 Å². The molecule has 0 atom stereocenters. The molecule has 1 aliphatic heterocycles. The van der Waals surface area contributed by atoms with Gasteiger partial charge in [0, 0.05) is 39.3 Å². The van der Waals surface area contributed by atoms with Gasteiger partial charge in [0.25, 0.3) is 0 Å². The molecule has 96 valence electrons. The first-order valence-corrected chi connectivity index (χ1v) is 4.87. The molecule has 0 unspecified atom stereocenters. The molecule has 8 heteroatoms. The molecule has 5 nitrogen and oxygen atoms in total. The number of hydrogen-bond acceptors (Lipinski definition) is 4. The summed E-state index contributed by atoms with van der Waals surface area (Å²) < 4.78 is 31.7. The van der Waals surface area contributed by atoms with Gasteiger partial charge in [-0.2, -0.15) is 13.2 Å². The van der Waals surface area contributed by atoms with Crippen LogP contribution in [-0.4, -0.2) is 56.5 Å². The number of carboxylic acid groups (broad SMARTS) is 1. The zero-order chi connectivity index (χ0) is 12.4. The summed E-state index contributed by atoms with van der Waals surface area (Å²) in [4.78, 5) is 8.90. The van der Waals surface area contributed by atoms with Gasteiger partial charge in [-0.1, -0.05) is 0 Å². The van der Waals surface area contributed by atoms with Crippen molar-refractivity contribution in [2.24, 2.45) is 0 Å². The molecule has 0 amide bonds. The number of halogens is 3. The van der Waals surface area contributed by atoms with E-state index in [1.807, 2.05) is 0 Å². The van der Waals surface area contributed by atoms with Crippen LogP contribution in [0.15, 0.2) is 0 Å². The molecule has 0 aromatic carbocycles. The second-order valence-electron chi connectivity index (χ2n) is 3.05. The summed E-state index contributed by atoms with van der Waals surface area (Å²) in [6.07, 6.45) is -5.08. The quantitative estimate of drug-likeness (QED) is 0.457. The minimum absolute atomic E-state index is 1.10. The fourth-order valence-electron chi connectivity index (χ4n) is 0.905. The number of carbonyl (C=O) groups is 1. The van der Waals surface area contributed by atoms with E-state index in [1.165, 1.54) is 0 Å². The van der Waals surface area contributed by atoms with Gasteiger partial charge < -0.3 is 21.1 Å². The van der Waals surface area contributed by atoms with E-state index in [2.05, 4.69) is 16.0 Å². The van der Waals surface area contributed by atoms with Crippen molar-refractivity contribution in [1.82, 2.24) is 16.0 Å². The molecule has 1 fully saturated rings. The Kier molecular flexibility index (Phi) is 7.86. The zero-order valence-corrected chi connectivity index (χ0v) is 8.73. The lowest BCUT2D eigenvalue weighted by atomic mass is 10.6. The molecule has 0 bridgehead atoms. The highest BCUT2D eigenvalue weighted by Crippen LogP contribution is 2.13. The van der Waals surface area contributed by atoms with Crippen LogP contribution in [0.5, 0.6) is 0 Å². The fraction of sp³-hybridized carbons (Fsp3) is 0.875. The highest BCUT2D eigenvalue weighted by molar-refractivity contribution is 5.73. The molecule has 1 saturated heterocycles. The van der Waals surface area contributed by atoms with Crippen molar-refractivity contribution in [3.63, 3.8) is 0 Å². The van der Waals surface area contributed by atoms with Crippen molar-refractivity contribution in [1.29, 1.82) is 0 Å². The third-order valence-electron chi connectivity index (χ3n) is 1.68. The first kappa shape index (κ1) is 15.1. The lowest BCUT2D eigenvalue weighted by molar-refractivity contribution is -0.192. The van der Waals surface area contributed by atoms with Gasteiger partial charge in [-0.25, -0.2) is 4.79 Å². The highest BCUT2D eigenvalue weighted by Gasteiger charge is 2.38. The van der Waals surface area contributed by atoms with Crippen molar-refractivity contribution in [2.45, 2.75) is 6.18 Å². The van der Waals surface area contributed by atoms with Crippen LogP contribution in [-0.2, 0) is 4.79 Å². The van der Waals surface area contributed by atoms with Crippen LogP contribution >= 0.6 is 0 Å². The smallest absolute Gasteiger partial charge is 0.475 e. The summed E-state index contributed by atoms with van der Waals surface area (Å²) in [7, 11) is 0.